The zero-order chi connectivity index (χ0) is 13.2. The van der Waals surface area contributed by atoms with E-state index in [9.17, 15) is 4.79 Å². The zero-order valence-corrected chi connectivity index (χ0v) is 10.3. The number of oxime groups is 1. The maximum absolute atomic E-state index is 11.0. The highest BCUT2D eigenvalue weighted by atomic mass is 16.7. The molecule has 0 aliphatic carbocycles. The van der Waals surface area contributed by atoms with Crippen LogP contribution < -0.4 is 4.74 Å². The minimum absolute atomic E-state index is 0.248. The number of hydrogen-bond acceptors (Lipinski definition) is 4. The fraction of sp³-hybridized carbons (Fsp3) is 0.385. The standard InChI is InChI=1S/C13H15NO4/c1-3-17-10-6-4-5-9(7-10)11-8-13(2,12(15)16)18-14-11/h4-7H,3,8H2,1-2H3,(H,15,16)/t13-/m0/s1. The second-order valence-electron chi connectivity index (χ2n) is 4.30. The van der Waals surface area contributed by atoms with Crippen molar-refractivity contribution in [1.82, 2.24) is 0 Å². The summed E-state index contributed by atoms with van der Waals surface area (Å²) >= 11 is 0. The molecule has 2 rings (SSSR count). The molecule has 0 fully saturated rings. The fourth-order valence-corrected chi connectivity index (χ4v) is 1.74. The number of carboxylic acid groups (broad SMARTS) is 1. The molecule has 1 heterocycles. The van der Waals surface area contributed by atoms with Gasteiger partial charge in [0, 0.05) is 12.0 Å². The smallest absolute Gasteiger partial charge is 0.351 e. The van der Waals surface area contributed by atoms with E-state index in [2.05, 4.69) is 5.16 Å². The Morgan fingerprint density at radius 1 is 1.61 bits per heavy atom. The van der Waals surface area contributed by atoms with E-state index in [-0.39, 0.29) is 6.42 Å². The molecule has 0 saturated carbocycles. The summed E-state index contributed by atoms with van der Waals surface area (Å²) in [5.41, 5.74) is 0.184. The number of ether oxygens (including phenoxy) is 1. The van der Waals surface area contributed by atoms with Crippen LogP contribution in [0.4, 0.5) is 0 Å². The van der Waals surface area contributed by atoms with E-state index in [1.807, 2.05) is 31.2 Å². The molecule has 18 heavy (non-hydrogen) atoms. The van der Waals surface area contributed by atoms with Crippen LogP contribution >= 0.6 is 0 Å². The molecular weight excluding hydrogens is 234 g/mol. The van der Waals surface area contributed by atoms with Gasteiger partial charge in [0.05, 0.1) is 12.3 Å². The second kappa shape index (κ2) is 4.68. The Labute approximate surface area is 105 Å². The van der Waals surface area contributed by atoms with Crippen LogP contribution in [-0.2, 0) is 9.63 Å². The molecule has 1 atom stereocenters. The van der Waals surface area contributed by atoms with E-state index in [0.29, 0.717) is 12.3 Å². The molecule has 5 heteroatoms. The van der Waals surface area contributed by atoms with Crippen LogP contribution in [0.15, 0.2) is 29.4 Å². The van der Waals surface area contributed by atoms with Gasteiger partial charge in [-0.1, -0.05) is 17.3 Å². The largest absolute Gasteiger partial charge is 0.494 e. The number of nitrogens with zero attached hydrogens (tertiary/aromatic N) is 1. The first-order chi connectivity index (χ1) is 8.55. The molecule has 0 radical (unpaired) electrons. The predicted octanol–water partition coefficient (Wildman–Crippen LogP) is 2.05. The summed E-state index contributed by atoms with van der Waals surface area (Å²) in [6, 6.07) is 7.39. The molecule has 1 N–H and O–H groups in total. The van der Waals surface area contributed by atoms with Gasteiger partial charge in [-0.2, -0.15) is 0 Å². The van der Waals surface area contributed by atoms with Gasteiger partial charge in [-0.25, -0.2) is 4.79 Å². The first-order valence-electron chi connectivity index (χ1n) is 5.77. The molecule has 0 bridgehead atoms. The topological polar surface area (TPSA) is 68.1 Å². The quantitative estimate of drug-likeness (QED) is 0.886. The summed E-state index contributed by atoms with van der Waals surface area (Å²) < 4.78 is 5.39. The van der Waals surface area contributed by atoms with E-state index < -0.39 is 11.6 Å². The molecule has 1 aromatic carbocycles. The molecule has 1 aromatic rings. The maximum atomic E-state index is 11.0. The molecule has 0 amide bonds. The third-order valence-corrected chi connectivity index (χ3v) is 2.79. The van der Waals surface area contributed by atoms with E-state index >= 15 is 0 Å². The second-order valence-corrected chi connectivity index (χ2v) is 4.30. The van der Waals surface area contributed by atoms with Crippen molar-refractivity contribution in [2.24, 2.45) is 5.16 Å². The van der Waals surface area contributed by atoms with Crippen LogP contribution in [0.1, 0.15) is 25.8 Å². The van der Waals surface area contributed by atoms with E-state index in [4.69, 9.17) is 14.7 Å². The number of carbonyl (C=O) groups is 1. The molecule has 96 valence electrons. The monoisotopic (exact) mass is 249 g/mol. The fourth-order valence-electron chi connectivity index (χ4n) is 1.74. The van der Waals surface area contributed by atoms with Gasteiger partial charge < -0.3 is 14.7 Å². The lowest BCUT2D eigenvalue weighted by molar-refractivity contribution is -0.160. The Kier molecular flexibility index (Phi) is 3.23. The lowest BCUT2D eigenvalue weighted by Crippen LogP contribution is -2.35. The molecular formula is C13H15NO4. The summed E-state index contributed by atoms with van der Waals surface area (Å²) in [7, 11) is 0. The Bertz CT molecular complexity index is 498. The minimum atomic E-state index is -1.27. The third kappa shape index (κ3) is 2.30. The molecule has 0 unspecified atom stereocenters. The van der Waals surface area contributed by atoms with Crippen molar-refractivity contribution in [2.45, 2.75) is 25.9 Å². The molecule has 1 aliphatic rings. The van der Waals surface area contributed by atoms with Gasteiger partial charge in [-0.3, -0.25) is 0 Å². The lowest BCUT2D eigenvalue weighted by atomic mass is 9.96. The summed E-state index contributed by atoms with van der Waals surface area (Å²) in [5.74, 6) is -0.274. The first-order valence-corrected chi connectivity index (χ1v) is 5.77. The minimum Gasteiger partial charge on any atom is -0.494 e. The molecule has 0 spiro atoms. The van der Waals surface area contributed by atoms with Gasteiger partial charge in [0.2, 0.25) is 5.60 Å². The lowest BCUT2D eigenvalue weighted by Gasteiger charge is -2.14. The molecule has 1 aliphatic heterocycles. The maximum Gasteiger partial charge on any atom is 0.351 e. The predicted molar refractivity (Wildman–Crippen MR) is 65.9 cm³/mol. The Morgan fingerprint density at radius 2 is 2.39 bits per heavy atom. The van der Waals surface area contributed by atoms with Gasteiger partial charge in [-0.05, 0) is 26.0 Å². The number of carboxylic acids is 1. The van der Waals surface area contributed by atoms with Crippen molar-refractivity contribution in [3.63, 3.8) is 0 Å². The van der Waals surface area contributed by atoms with Crippen molar-refractivity contribution >= 4 is 11.7 Å². The molecule has 0 saturated heterocycles. The van der Waals surface area contributed by atoms with Crippen LogP contribution in [0.3, 0.4) is 0 Å². The highest BCUT2D eigenvalue weighted by Crippen LogP contribution is 2.27. The summed E-state index contributed by atoms with van der Waals surface area (Å²) in [6.45, 7) is 4.00. The van der Waals surface area contributed by atoms with Crippen LogP contribution in [0.2, 0.25) is 0 Å². The molecule has 5 nitrogen and oxygen atoms in total. The number of aliphatic carboxylic acids is 1. The SMILES string of the molecule is CCOc1cccc(C2=NO[C@](C)(C(=O)O)C2)c1. The number of hydrogen-bond donors (Lipinski definition) is 1. The number of rotatable bonds is 4. The normalized spacial score (nSPS) is 22.2. The molecule has 0 aromatic heterocycles. The Hall–Kier alpha value is -2.04. The van der Waals surface area contributed by atoms with Gasteiger partial charge in [0.1, 0.15) is 5.75 Å². The Balaban J connectivity index is 2.19. The third-order valence-electron chi connectivity index (χ3n) is 2.79. The van der Waals surface area contributed by atoms with E-state index in [1.54, 1.807) is 0 Å². The van der Waals surface area contributed by atoms with Crippen molar-refractivity contribution < 1.29 is 19.5 Å². The van der Waals surface area contributed by atoms with Gasteiger partial charge in [0.15, 0.2) is 0 Å². The van der Waals surface area contributed by atoms with Gasteiger partial charge >= 0.3 is 5.97 Å². The van der Waals surface area contributed by atoms with Crippen molar-refractivity contribution in [3.8, 4) is 5.75 Å². The van der Waals surface area contributed by atoms with Gasteiger partial charge in [0.25, 0.3) is 0 Å². The average Bonchev–Trinajstić information content (AvgIpc) is 2.74. The summed E-state index contributed by atoms with van der Waals surface area (Å²) in [4.78, 5) is 16.1. The first kappa shape index (κ1) is 12.4. The highest BCUT2D eigenvalue weighted by Gasteiger charge is 2.42. The summed E-state index contributed by atoms with van der Waals surface area (Å²) in [5, 5.41) is 12.9. The van der Waals surface area contributed by atoms with Crippen molar-refractivity contribution in [2.75, 3.05) is 6.61 Å². The van der Waals surface area contributed by atoms with Crippen molar-refractivity contribution in [1.29, 1.82) is 0 Å². The van der Waals surface area contributed by atoms with Crippen molar-refractivity contribution in [3.05, 3.63) is 29.8 Å². The average molecular weight is 249 g/mol. The zero-order valence-electron chi connectivity index (χ0n) is 10.3. The van der Waals surface area contributed by atoms with Crippen LogP contribution in [0.5, 0.6) is 5.75 Å². The van der Waals surface area contributed by atoms with Crippen LogP contribution in [0, 0.1) is 0 Å². The Morgan fingerprint density at radius 3 is 3.00 bits per heavy atom. The van der Waals surface area contributed by atoms with E-state index in [0.717, 1.165) is 11.3 Å². The summed E-state index contributed by atoms with van der Waals surface area (Å²) in [6.07, 6.45) is 0.248. The van der Waals surface area contributed by atoms with E-state index in [1.165, 1.54) is 6.92 Å². The van der Waals surface area contributed by atoms with Crippen LogP contribution in [-0.4, -0.2) is 29.0 Å². The number of benzene rings is 1. The van der Waals surface area contributed by atoms with Crippen LogP contribution in [0.25, 0.3) is 0 Å². The highest BCUT2D eigenvalue weighted by molar-refractivity contribution is 6.04. The van der Waals surface area contributed by atoms with Gasteiger partial charge in [-0.15, -0.1) is 0 Å².